The van der Waals surface area contributed by atoms with Crippen molar-refractivity contribution in [1.82, 2.24) is 0 Å². The maximum atomic E-state index is 7.06. The molecule has 8 heteroatoms. The van der Waals surface area contributed by atoms with Gasteiger partial charge in [-0.1, -0.05) is 127 Å². The summed E-state index contributed by atoms with van der Waals surface area (Å²) in [5.74, 6) is 1.64. The van der Waals surface area contributed by atoms with E-state index in [1.165, 1.54) is 55.5 Å². The minimum atomic E-state index is -0.172. The molecule has 0 unspecified atom stereocenters. The smallest absolute Gasteiger partial charge is 0.252 e. The highest BCUT2D eigenvalue weighted by molar-refractivity contribution is 7.05. The summed E-state index contributed by atoms with van der Waals surface area (Å²) in [6.07, 6.45) is 0. The maximum absolute atomic E-state index is 7.06. The number of furan rings is 1. The molecule has 6 heterocycles. The number of fused-ring (bicyclic) bond motifs is 15. The third-order valence-corrected chi connectivity index (χ3v) is 14.9. The zero-order valence-corrected chi connectivity index (χ0v) is 36.5. The number of nitrogens with zero attached hydrogens (tertiary/aromatic N) is 4. The van der Waals surface area contributed by atoms with Gasteiger partial charge in [0.15, 0.2) is 11.5 Å². The van der Waals surface area contributed by atoms with Gasteiger partial charge in [-0.2, -0.15) is 0 Å². The highest BCUT2D eigenvalue weighted by atomic mass is 16.5. The lowest BCUT2D eigenvalue weighted by atomic mass is 9.28. The predicted octanol–water partition coefficient (Wildman–Crippen LogP) is 11.9. The summed E-state index contributed by atoms with van der Waals surface area (Å²) in [7, 11) is 0. The van der Waals surface area contributed by atoms with Crippen LogP contribution in [0.3, 0.4) is 0 Å². The monoisotopic (exact) mass is 866 g/mol. The molecule has 1 aromatic heterocycles. The van der Waals surface area contributed by atoms with Gasteiger partial charge in [0.2, 0.25) is 0 Å². The highest BCUT2D eigenvalue weighted by Gasteiger charge is 2.52. The van der Waals surface area contributed by atoms with E-state index in [2.05, 4.69) is 238 Å². The van der Waals surface area contributed by atoms with Crippen LogP contribution in [0.5, 0.6) is 11.5 Å². The standard InChI is InChI=1S/C60H36B2N4O2/c1-4-18-37(19-5-1)63-46-27-13-11-25-42(46)61-43-26-12-14-28-47(43)66-50-36-56-41(40-24-10-16-30-54(40)67-56)32-44(50)62-45-33-57-51(64(38-20-6-2-7-21-38)48-29-15-17-31-55(48)68-57)34-49(45)65(39-22-8-3-9-23-39)53-35-52(63)58(61)60(66)59(53)62/h1-36H. The second-order valence-corrected chi connectivity index (χ2v) is 18.4. The van der Waals surface area contributed by atoms with Crippen LogP contribution in [0, 0.1) is 0 Å². The molecular weight excluding hydrogens is 830 g/mol. The Morgan fingerprint density at radius 1 is 0.294 bits per heavy atom. The average Bonchev–Trinajstić information content (AvgIpc) is 3.77. The number of ether oxygens (including phenoxy) is 1. The van der Waals surface area contributed by atoms with Gasteiger partial charge in [0, 0.05) is 73.7 Å². The molecule has 0 bridgehead atoms. The third kappa shape index (κ3) is 4.73. The quantitative estimate of drug-likeness (QED) is 0.165. The van der Waals surface area contributed by atoms with E-state index < -0.39 is 0 Å². The van der Waals surface area contributed by atoms with Gasteiger partial charge in [0.25, 0.3) is 13.4 Å². The van der Waals surface area contributed by atoms with E-state index in [0.717, 1.165) is 78.9 Å². The normalized spacial score (nSPS) is 14.1. The molecule has 16 rings (SSSR count). The first-order valence-corrected chi connectivity index (χ1v) is 23.4. The first-order chi connectivity index (χ1) is 33.8. The van der Waals surface area contributed by atoms with Gasteiger partial charge < -0.3 is 28.8 Å². The van der Waals surface area contributed by atoms with Gasteiger partial charge in [-0.05, 0) is 118 Å². The van der Waals surface area contributed by atoms with Gasteiger partial charge in [0.1, 0.15) is 11.2 Å². The van der Waals surface area contributed by atoms with E-state index in [1.54, 1.807) is 0 Å². The Bertz CT molecular complexity index is 3950. The first kappa shape index (κ1) is 36.4. The van der Waals surface area contributed by atoms with E-state index in [9.17, 15) is 0 Å². The Morgan fingerprint density at radius 2 is 0.779 bits per heavy atom. The molecule has 0 fully saturated rings. The molecule has 0 N–H and O–H groups in total. The molecule has 314 valence electrons. The van der Waals surface area contributed by atoms with Crippen molar-refractivity contribution >= 4 is 136 Å². The number of rotatable bonds is 3. The third-order valence-electron chi connectivity index (χ3n) is 14.9. The van der Waals surface area contributed by atoms with Crippen LogP contribution < -0.4 is 57.1 Å². The molecule has 6 nitrogen and oxygen atoms in total. The van der Waals surface area contributed by atoms with E-state index >= 15 is 0 Å². The van der Waals surface area contributed by atoms with Crippen molar-refractivity contribution < 1.29 is 9.15 Å². The molecule has 0 aliphatic carbocycles. The summed E-state index contributed by atoms with van der Waals surface area (Å²) >= 11 is 0. The molecule has 0 atom stereocenters. The Labute approximate surface area is 393 Å². The van der Waals surface area contributed by atoms with Crippen LogP contribution >= 0.6 is 0 Å². The Kier molecular flexibility index (Phi) is 7.15. The Hall–Kier alpha value is -8.87. The predicted molar refractivity (Wildman–Crippen MR) is 282 cm³/mol. The summed E-state index contributed by atoms with van der Waals surface area (Å²) in [5.41, 5.74) is 22.8. The lowest BCUT2D eigenvalue weighted by Crippen LogP contribution is -2.68. The van der Waals surface area contributed by atoms with Crippen molar-refractivity contribution in [2.24, 2.45) is 0 Å². The van der Waals surface area contributed by atoms with Gasteiger partial charge in [-0.15, -0.1) is 0 Å². The Morgan fingerprint density at radius 3 is 1.46 bits per heavy atom. The summed E-state index contributed by atoms with van der Waals surface area (Å²) in [4.78, 5) is 9.97. The summed E-state index contributed by atoms with van der Waals surface area (Å²) in [6.45, 7) is -0.186. The number of anilines is 12. The van der Waals surface area contributed by atoms with Crippen LogP contribution in [0.2, 0.25) is 0 Å². The summed E-state index contributed by atoms with van der Waals surface area (Å²) < 4.78 is 13.8. The van der Waals surface area contributed by atoms with Crippen molar-refractivity contribution in [1.29, 1.82) is 0 Å². The van der Waals surface area contributed by atoms with Gasteiger partial charge in [-0.3, -0.25) is 0 Å². The van der Waals surface area contributed by atoms with Crippen LogP contribution in [0.25, 0.3) is 21.9 Å². The number of para-hydroxylation sites is 8. The molecule has 68 heavy (non-hydrogen) atoms. The zero-order chi connectivity index (χ0) is 44.2. The highest BCUT2D eigenvalue weighted by Crippen LogP contribution is 2.55. The molecular formula is C60H36B2N4O2. The molecule has 11 aromatic rings. The van der Waals surface area contributed by atoms with Crippen molar-refractivity contribution in [3.8, 4) is 11.5 Å². The number of benzene rings is 10. The fraction of sp³-hybridized carbons (Fsp3) is 0. The zero-order valence-electron chi connectivity index (χ0n) is 36.5. The van der Waals surface area contributed by atoms with Crippen molar-refractivity contribution in [2.75, 3.05) is 19.6 Å². The molecule has 0 amide bonds. The van der Waals surface area contributed by atoms with Gasteiger partial charge >= 0.3 is 0 Å². The van der Waals surface area contributed by atoms with Gasteiger partial charge in [-0.25, -0.2) is 0 Å². The molecule has 0 radical (unpaired) electrons. The molecule has 0 saturated heterocycles. The Balaban J connectivity index is 1.08. The molecule has 5 aliphatic heterocycles. The first-order valence-electron chi connectivity index (χ1n) is 23.4. The summed E-state index contributed by atoms with van der Waals surface area (Å²) in [6, 6.07) is 79.4. The van der Waals surface area contributed by atoms with Crippen LogP contribution in [0.4, 0.5) is 68.2 Å². The second-order valence-electron chi connectivity index (χ2n) is 18.4. The molecule has 10 aromatic carbocycles. The van der Waals surface area contributed by atoms with E-state index in [4.69, 9.17) is 9.15 Å². The largest absolute Gasteiger partial charge is 0.456 e. The fourth-order valence-corrected chi connectivity index (χ4v) is 12.3. The second kappa shape index (κ2) is 13.4. The maximum Gasteiger partial charge on any atom is 0.252 e. The van der Waals surface area contributed by atoms with Gasteiger partial charge in [0.05, 0.1) is 11.4 Å². The van der Waals surface area contributed by atoms with E-state index in [0.29, 0.717) is 0 Å². The van der Waals surface area contributed by atoms with Crippen molar-refractivity contribution in [2.45, 2.75) is 0 Å². The van der Waals surface area contributed by atoms with Crippen LogP contribution in [0.1, 0.15) is 0 Å². The van der Waals surface area contributed by atoms with Crippen LogP contribution in [-0.4, -0.2) is 13.4 Å². The van der Waals surface area contributed by atoms with Crippen molar-refractivity contribution in [3.63, 3.8) is 0 Å². The lowest BCUT2D eigenvalue weighted by Gasteiger charge is -2.51. The minimum absolute atomic E-state index is 0.0135. The van der Waals surface area contributed by atoms with E-state index in [-0.39, 0.29) is 13.4 Å². The molecule has 0 spiro atoms. The fourth-order valence-electron chi connectivity index (χ4n) is 12.3. The minimum Gasteiger partial charge on any atom is -0.456 e. The van der Waals surface area contributed by atoms with Crippen LogP contribution in [-0.2, 0) is 0 Å². The topological polar surface area (TPSA) is 35.3 Å². The molecule has 5 aliphatic rings. The SMILES string of the molecule is c1ccc(N2c3ccccc3Oc3cc4c(cc32)N(c2ccccc2)c2cc3c5c6c2B4c2cc4c(cc2N6c2ccccc2B5c2ccccc2N3c2ccccc2)oc2ccccc24)cc1. The van der Waals surface area contributed by atoms with Crippen molar-refractivity contribution in [3.05, 3.63) is 218 Å². The average molecular weight is 867 g/mol. The number of hydrogen-bond acceptors (Lipinski definition) is 6. The number of hydrogen-bond donors (Lipinski definition) is 0. The lowest BCUT2D eigenvalue weighted by molar-refractivity contribution is 0.477. The van der Waals surface area contributed by atoms with E-state index in [1.807, 2.05) is 0 Å². The summed E-state index contributed by atoms with van der Waals surface area (Å²) in [5, 5.41) is 2.22. The molecule has 0 saturated carbocycles. The van der Waals surface area contributed by atoms with Crippen LogP contribution in [0.15, 0.2) is 223 Å².